The minimum absolute atomic E-state index is 0.0580. The van der Waals surface area contributed by atoms with Crippen LogP contribution in [-0.2, 0) is 10.2 Å². The highest BCUT2D eigenvalue weighted by Crippen LogP contribution is 2.55. The lowest BCUT2D eigenvalue weighted by Crippen LogP contribution is -2.17. The predicted molar refractivity (Wildman–Crippen MR) is 61.1 cm³/mol. The number of hydrogen-bond donors (Lipinski definition) is 1. The van der Waals surface area contributed by atoms with E-state index >= 15 is 0 Å². The summed E-state index contributed by atoms with van der Waals surface area (Å²) < 4.78 is 32.6. The van der Waals surface area contributed by atoms with Gasteiger partial charge in [0.1, 0.15) is 5.82 Å². The smallest absolute Gasteiger partial charge is 0.304 e. The zero-order valence-corrected chi connectivity index (χ0v) is 10.4. The van der Waals surface area contributed by atoms with Gasteiger partial charge in [-0.2, -0.15) is 0 Å². The van der Waals surface area contributed by atoms with Gasteiger partial charge in [0.05, 0.1) is 18.6 Å². The molecule has 0 aliphatic heterocycles. The number of carbonyl (C=O) groups is 1. The van der Waals surface area contributed by atoms with Gasteiger partial charge in [0.25, 0.3) is 0 Å². The summed E-state index contributed by atoms with van der Waals surface area (Å²) in [6, 6.07) is 0.829. The van der Waals surface area contributed by atoms with E-state index in [0.717, 1.165) is 6.07 Å². The molecule has 0 saturated heterocycles. The lowest BCUT2D eigenvalue weighted by atomic mass is 9.91. The van der Waals surface area contributed by atoms with E-state index < -0.39 is 23.0 Å². The fourth-order valence-corrected chi connectivity index (χ4v) is 2.40. The lowest BCUT2D eigenvalue weighted by molar-refractivity contribution is -0.137. The third-order valence-electron chi connectivity index (χ3n) is 3.20. The zero-order chi connectivity index (χ0) is 13.5. The number of rotatable bonds is 4. The van der Waals surface area contributed by atoms with E-state index in [1.807, 2.05) is 0 Å². The first-order valence-electron chi connectivity index (χ1n) is 5.35. The van der Waals surface area contributed by atoms with E-state index in [2.05, 4.69) is 0 Å². The molecule has 18 heavy (non-hydrogen) atoms. The van der Waals surface area contributed by atoms with E-state index in [-0.39, 0.29) is 22.8 Å². The van der Waals surface area contributed by atoms with Crippen molar-refractivity contribution in [2.45, 2.75) is 24.7 Å². The van der Waals surface area contributed by atoms with Crippen molar-refractivity contribution in [3.8, 4) is 5.75 Å². The molecule has 1 fully saturated rings. The lowest BCUT2D eigenvalue weighted by Gasteiger charge is -2.19. The Morgan fingerprint density at radius 3 is 2.61 bits per heavy atom. The third-order valence-corrected chi connectivity index (χ3v) is 3.48. The summed E-state index contributed by atoms with van der Waals surface area (Å²) in [5.41, 5.74) is -0.954. The number of aliphatic carboxylic acids is 1. The van der Waals surface area contributed by atoms with Gasteiger partial charge in [0.15, 0.2) is 11.6 Å². The van der Waals surface area contributed by atoms with Gasteiger partial charge in [-0.15, -0.1) is 0 Å². The SMILES string of the molecule is COc1c(F)cc(Cl)c(F)c1C1(CC(=O)O)CC1. The second-order valence-electron chi connectivity index (χ2n) is 4.41. The highest BCUT2D eigenvalue weighted by atomic mass is 35.5. The van der Waals surface area contributed by atoms with Gasteiger partial charge in [0, 0.05) is 11.0 Å². The summed E-state index contributed by atoms with van der Waals surface area (Å²) in [6.07, 6.45) is 0.693. The Morgan fingerprint density at radius 2 is 2.17 bits per heavy atom. The van der Waals surface area contributed by atoms with E-state index in [1.165, 1.54) is 7.11 Å². The minimum Gasteiger partial charge on any atom is -0.493 e. The van der Waals surface area contributed by atoms with Gasteiger partial charge in [-0.3, -0.25) is 4.79 Å². The van der Waals surface area contributed by atoms with Crippen molar-refractivity contribution in [1.82, 2.24) is 0 Å². The molecule has 0 unspecified atom stereocenters. The van der Waals surface area contributed by atoms with Crippen LogP contribution in [0.4, 0.5) is 8.78 Å². The van der Waals surface area contributed by atoms with Crippen molar-refractivity contribution in [3.63, 3.8) is 0 Å². The van der Waals surface area contributed by atoms with Crippen LogP contribution in [0.3, 0.4) is 0 Å². The van der Waals surface area contributed by atoms with Crippen molar-refractivity contribution in [2.24, 2.45) is 0 Å². The Hall–Kier alpha value is -1.36. The molecule has 1 aliphatic carbocycles. The van der Waals surface area contributed by atoms with Crippen LogP contribution < -0.4 is 4.74 Å². The van der Waals surface area contributed by atoms with Crippen molar-refractivity contribution >= 4 is 17.6 Å². The molecule has 0 radical (unpaired) electrons. The second-order valence-corrected chi connectivity index (χ2v) is 4.82. The molecule has 0 bridgehead atoms. The first kappa shape index (κ1) is 13.1. The number of carboxylic acid groups (broad SMARTS) is 1. The summed E-state index contributed by atoms with van der Waals surface area (Å²) in [4.78, 5) is 10.8. The maximum Gasteiger partial charge on any atom is 0.304 e. The van der Waals surface area contributed by atoms with Crippen molar-refractivity contribution < 1.29 is 23.4 Å². The number of benzene rings is 1. The predicted octanol–water partition coefficient (Wildman–Crippen LogP) is 3.13. The first-order chi connectivity index (χ1) is 8.41. The minimum atomic E-state index is -1.06. The van der Waals surface area contributed by atoms with Crippen molar-refractivity contribution in [2.75, 3.05) is 7.11 Å². The molecule has 1 saturated carbocycles. The van der Waals surface area contributed by atoms with E-state index in [0.29, 0.717) is 12.8 Å². The van der Waals surface area contributed by atoms with Crippen LogP contribution in [-0.4, -0.2) is 18.2 Å². The fraction of sp³-hybridized carbons (Fsp3) is 0.417. The molecule has 1 aliphatic rings. The molecule has 0 aromatic heterocycles. The molecule has 0 amide bonds. The fourth-order valence-electron chi connectivity index (χ4n) is 2.21. The molecule has 3 nitrogen and oxygen atoms in total. The summed E-state index contributed by atoms with van der Waals surface area (Å²) in [7, 11) is 1.21. The average Bonchev–Trinajstić information content (AvgIpc) is 3.02. The molecule has 1 aromatic carbocycles. The summed E-state index contributed by atoms with van der Waals surface area (Å²) >= 11 is 5.60. The standard InChI is InChI=1S/C12H11ClF2O3/c1-18-11-7(14)4-6(13)10(15)9(11)12(2-3-12)5-8(16)17/h4H,2-3,5H2,1H3,(H,16,17). The third kappa shape index (κ3) is 2.03. The Bertz CT molecular complexity index is 513. The molecule has 6 heteroatoms. The van der Waals surface area contributed by atoms with Gasteiger partial charge in [0.2, 0.25) is 0 Å². The Kier molecular flexibility index (Phi) is 3.19. The Balaban J connectivity index is 2.59. The molecule has 1 N–H and O–H groups in total. The van der Waals surface area contributed by atoms with Crippen LogP contribution in [0.2, 0.25) is 5.02 Å². The van der Waals surface area contributed by atoms with Gasteiger partial charge in [-0.1, -0.05) is 11.6 Å². The molecule has 1 aromatic rings. The normalized spacial score (nSPS) is 16.4. The van der Waals surface area contributed by atoms with Crippen molar-refractivity contribution in [1.29, 1.82) is 0 Å². The second kappa shape index (κ2) is 4.39. The Labute approximate surface area is 107 Å². The van der Waals surface area contributed by atoms with E-state index in [4.69, 9.17) is 21.4 Å². The maximum absolute atomic E-state index is 14.0. The monoisotopic (exact) mass is 276 g/mol. The molecular formula is C12H11ClF2O3. The number of halogens is 3. The van der Waals surface area contributed by atoms with Gasteiger partial charge in [-0.25, -0.2) is 8.78 Å². The van der Waals surface area contributed by atoms with Crippen LogP contribution in [0.25, 0.3) is 0 Å². The van der Waals surface area contributed by atoms with Crippen LogP contribution in [0, 0.1) is 11.6 Å². The molecule has 0 spiro atoms. The van der Waals surface area contributed by atoms with Gasteiger partial charge >= 0.3 is 5.97 Å². The number of carboxylic acids is 1. The largest absolute Gasteiger partial charge is 0.493 e. The summed E-state index contributed by atoms with van der Waals surface area (Å²) in [5, 5.41) is 8.49. The molecule has 0 heterocycles. The van der Waals surface area contributed by atoms with Gasteiger partial charge < -0.3 is 9.84 Å². The van der Waals surface area contributed by atoms with Crippen LogP contribution in [0.1, 0.15) is 24.8 Å². The summed E-state index contributed by atoms with van der Waals surface area (Å²) in [6.45, 7) is 0. The topological polar surface area (TPSA) is 46.5 Å². The van der Waals surface area contributed by atoms with E-state index in [9.17, 15) is 13.6 Å². The van der Waals surface area contributed by atoms with Crippen LogP contribution in [0.15, 0.2) is 6.07 Å². The first-order valence-corrected chi connectivity index (χ1v) is 5.73. The maximum atomic E-state index is 14.0. The Morgan fingerprint density at radius 1 is 1.56 bits per heavy atom. The molecule has 98 valence electrons. The van der Waals surface area contributed by atoms with Crippen LogP contribution in [0.5, 0.6) is 5.75 Å². The zero-order valence-electron chi connectivity index (χ0n) is 9.60. The number of hydrogen-bond acceptors (Lipinski definition) is 2. The molecular weight excluding hydrogens is 266 g/mol. The van der Waals surface area contributed by atoms with Crippen LogP contribution >= 0.6 is 11.6 Å². The van der Waals surface area contributed by atoms with Gasteiger partial charge in [-0.05, 0) is 18.9 Å². The summed E-state index contributed by atoms with van der Waals surface area (Å²) in [5.74, 6) is -2.89. The average molecular weight is 277 g/mol. The quantitative estimate of drug-likeness (QED) is 0.860. The highest BCUT2D eigenvalue weighted by Gasteiger charge is 2.50. The highest BCUT2D eigenvalue weighted by molar-refractivity contribution is 6.30. The number of methoxy groups -OCH3 is 1. The molecule has 0 atom stereocenters. The number of ether oxygens (including phenoxy) is 1. The van der Waals surface area contributed by atoms with Crippen molar-refractivity contribution in [3.05, 3.63) is 28.3 Å². The van der Waals surface area contributed by atoms with E-state index in [1.54, 1.807) is 0 Å². The molecule has 2 rings (SSSR count).